The lowest BCUT2D eigenvalue weighted by molar-refractivity contribution is 0.0755. The van der Waals surface area contributed by atoms with Gasteiger partial charge in [-0.05, 0) is 91.6 Å². The molecule has 48 heavy (non-hydrogen) atoms. The molecule has 0 aliphatic rings. The number of hydrogen-bond donors (Lipinski definition) is 3. The average molecular weight is 656 g/mol. The first-order chi connectivity index (χ1) is 23.2. The van der Waals surface area contributed by atoms with Crippen molar-refractivity contribution in [1.29, 1.82) is 0 Å². The summed E-state index contributed by atoms with van der Waals surface area (Å²) in [6.45, 7) is 7.19. The lowest BCUT2D eigenvalue weighted by Gasteiger charge is -2.28. The predicted octanol–water partition coefficient (Wildman–Crippen LogP) is 7.20. The van der Waals surface area contributed by atoms with Crippen molar-refractivity contribution in [3.8, 4) is 0 Å². The van der Waals surface area contributed by atoms with Gasteiger partial charge in [0.1, 0.15) is 11.6 Å². The molecule has 3 N–H and O–H groups in total. The van der Waals surface area contributed by atoms with Crippen molar-refractivity contribution in [2.45, 2.75) is 71.1 Å². The van der Waals surface area contributed by atoms with Crippen LogP contribution in [0.5, 0.6) is 0 Å². The maximum Gasteiger partial charge on any atom is 0.253 e. The molecule has 4 rings (SSSR count). The lowest BCUT2D eigenvalue weighted by Crippen LogP contribution is -2.49. The molecule has 0 fully saturated rings. The number of nitrogens with one attached hydrogen (secondary N) is 2. The summed E-state index contributed by atoms with van der Waals surface area (Å²) in [6.07, 6.45) is 2.09. The summed E-state index contributed by atoms with van der Waals surface area (Å²) in [6, 6.07) is 27.3. The smallest absolute Gasteiger partial charge is 0.253 e. The number of aliphatic hydroxyl groups excluding tert-OH is 1. The Balaban J connectivity index is 1.56. The number of hydrogen-bond acceptors (Lipinski definition) is 4. The number of amides is 2. The van der Waals surface area contributed by atoms with Crippen LogP contribution in [0.1, 0.15) is 82.1 Å². The Kier molecular flexibility index (Phi) is 13.8. The number of aryl methyl sites for hydroxylation is 2. The van der Waals surface area contributed by atoms with E-state index in [2.05, 4.69) is 22.8 Å². The summed E-state index contributed by atoms with van der Waals surface area (Å²) in [4.78, 5) is 28.9. The van der Waals surface area contributed by atoms with Crippen LogP contribution in [0, 0.1) is 18.6 Å². The van der Waals surface area contributed by atoms with Gasteiger partial charge in [-0.3, -0.25) is 9.59 Å². The van der Waals surface area contributed by atoms with E-state index in [4.69, 9.17) is 0 Å². The summed E-state index contributed by atoms with van der Waals surface area (Å²) in [5.41, 5.74) is 3.99. The van der Waals surface area contributed by atoms with E-state index in [1.807, 2.05) is 69.3 Å². The van der Waals surface area contributed by atoms with E-state index in [-0.39, 0.29) is 30.5 Å². The molecule has 1 unspecified atom stereocenters. The van der Waals surface area contributed by atoms with Crippen LogP contribution in [0.25, 0.3) is 0 Å². The Hall–Kier alpha value is -4.40. The number of aliphatic hydroxyl groups is 1. The van der Waals surface area contributed by atoms with Crippen LogP contribution in [-0.2, 0) is 12.8 Å². The molecule has 0 aliphatic carbocycles. The highest BCUT2D eigenvalue weighted by molar-refractivity contribution is 6.00. The van der Waals surface area contributed by atoms with Gasteiger partial charge in [0.15, 0.2) is 0 Å². The van der Waals surface area contributed by atoms with Gasteiger partial charge in [0.25, 0.3) is 11.8 Å². The molecule has 0 aliphatic heterocycles. The van der Waals surface area contributed by atoms with Gasteiger partial charge in [0.2, 0.25) is 0 Å². The zero-order valence-corrected chi connectivity index (χ0v) is 28.1. The summed E-state index contributed by atoms with van der Waals surface area (Å²) in [7, 11) is 0. The van der Waals surface area contributed by atoms with Crippen molar-refractivity contribution in [2.75, 3.05) is 19.6 Å². The molecule has 6 nitrogen and oxygen atoms in total. The lowest BCUT2D eigenvalue weighted by atomic mass is 9.97. The zero-order chi connectivity index (χ0) is 34.5. The molecule has 0 spiro atoms. The van der Waals surface area contributed by atoms with Crippen LogP contribution < -0.4 is 10.6 Å². The molecule has 4 aromatic rings. The Morgan fingerprint density at radius 1 is 0.792 bits per heavy atom. The molecule has 3 atom stereocenters. The van der Waals surface area contributed by atoms with E-state index in [0.29, 0.717) is 24.2 Å². The molecule has 0 bridgehead atoms. The van der Waals surface area contributed by atoms with Gasteiger partial charge < -0.3 is 20.6 Å². The van der Waals surface area contributed by atoms with Gasteiger partial charge in [-0.25, -0.2) is 8.78 Å². The summed E-state index contributed by atoms with van der Waals surface area (Å²) in [5, 5.41) is 17.9. The fraction of sp³-hybridized carbons (Fsp3) is 0.350. The highest BCUT2D eigenvalue weighted by Crippen LogP contribution is 2.21. The van der Waals surface area contributed by atoms with Crippen LogP contribution >= 0.6 is 0 Å². The monoisotopic (exact) mass is 655 g/mol. The first-order valence-corrected chi connectivity index (χ1v) is 16.8. The van der Waals surface area contributed by atoms with Crippen LogP contribution in [-0.4, -0.2) is 53.6 Å². The van der Waals surface area contributed by atoms with Gasteiger partial charge in [0.05, 0.1) is 12.1 Å². The second kappa shape index (κ2) is 18.2. The third kappa shape index (κ3) is 10.8. The van der Waals surface area contributed by atoms with E-state index in [0.717, 1.165) is 42.9 Å². The largest absolute Gasteiger partial charge is 0.390 e. The SMILES string of the molecule is CCCN(CCC)C(=O)c1cc(C)cc(C(=O)N[C@H](Cc2cc(F)cc(F)c2)[C@@H](O)CNC(CCc2ccccc2)c2ccccc2)c1. The topological polar surface area (TPSA) is 81.7 Å². The van der Waals surface area contributed by atoms with Crippen molar-refractivity contribution in [3.05, 3.63) is 142 Å². The highest BCUT2D eigenvalue weighted by Gasteiger charge is 2.25. The number of rotatable bonds is 17. The number of carbonyl (C=O) groups is 2. The molecule has 0 aromatic heterocycles. The maximum absolute atomic E-state index is 14.2. The predicted molar refractivity (Wildman–Crippen MR) is 187 cm³/mol. The Bertz CT molecular complexity index is 1590. The van der Waals surface area contributed by atoms with E-state index in [9.17, 15) is 23.5 Å². The fourth-order valence-electron chi connectivity index (χ4n) is 6.03. The zero-order valence-electron chi connectivity index (χ0n) is 28.1. The first kappa shape index (κ1) is 36.4. The number of carbonyl (C=O) groups excluding carboxylic acids is 2. The number of benzene rings is 4. The third-order valence-corrected chi connectivity index (χ3v) is 8.36. The minimum Gasteiger partial charge on any atom is -0.390 e. The molecule has 254 valence electrons. The van der Waals surface area contributed by atoms with Gasteiger partial charge in [-0.1, -0.05) is 74.5 Å². The molecule has 0 radical (unpaired) electrons. The van der Waals surface area contributed by atoms with E-state index >= 15 is 0 Å². The van der Waals surface area contributed by atoms with Crippen molar-refractivity contribution >= 4 is 11.8 Å². The fourth-order valence-corrected chi connectivity index (χ4v) is 6.03. The second-order valence-corrected chi connectivity index (χ2v) is 12.4. The number of nitrogens with zero attached hydrogens (tertiary/aromatic N) is 1. The molecular formula is C40H47F2N3O3. The van der Waals surface area contributed by atoms with E-state index < -0.39 is 29.7 Å². The normalized spacial score (nSPS) is 13.0. The Morgan fingerprint density at radius 3 is 2.02 bits per heavy atom. The molecule has 0 saturated heterocycles. The average Bonchev–Trinajstić information content (AvgIpc) is 3.07. The third-order valence-electron chi connectivity index (χ3n) is 8.36. The summed E-state index contributed by atoms with van der Waals surface area (Å²) < 4.78 is 28.3. The van der Waals surface area contributed by atoms with Crippen LogP contribution in [0.2, 0.25) is 0 Å². The standard InChI is InChI=1S/C40H47F2N3O3/c1-4-18-45(19-5-2)40(48)33-21-28(3)20-32(25-33)39(47)44-37(24-30-22-34(41)26-35(42)23-30)38(46)27-43-36(31-14-10-7-11-15-31)17-16-29-12-8-6-9-13-29/h6-15,20-23,25-26,36-38,43,46H,4-5,16-19,24,27H2,1-3H3,(H,44,47)/t36?,37-,38+/m1/s1. The van der Waals surface area contributed by atoms with Gasteiger partial charge in [0, 0.05) is 42.9 Å². The summed E-state index contributed by atoms with van der Waals surface area (Å²) in [5.74, 6) is -2.11. The van der Waals surface area contributed by atoms with Crippen LogP contribution in [0.3, 0.4) is 0 Å². The van der Waals surface area contributed by atoms with Gasteiger partial charge in [-0.2, -0.15) is 0 Å². The minimum absolute atomic E-state index is 0.0122. The molecule has 8 heteroatoms. The minimum atomic E-state index is -1.11. The number of halogens is 2. The molecule has 0 heterocycles. The quantitative estimate of drug-likeness (QED) is 0.112. The van der Waals surface area contributed by atoms with Crippen molar-refractivity contribution in [1.82, 2.24) is 15.5 Å². The highest BCUT2D eigenvalue weighted by atomic mass is 19.1. The van der Waals surface area contributed by atoms with Crippen molar-refractivity contribution in [2.24, 2.45) is 0 Å². The van der Waals surface area contributed by atoms with Gasteiger partial charge in [-0.15, -0.1) is 0 Å². The van der Waals surface area contributed by atoms with Crippen LogP contribution in [0.4, 0.5) is 8.78 Å². The Morgan fingerprint density at radius 2 is 1.40 bits per heavy atom. The van der Waals surface area contributed by atoms with Crippen molar-refractivity contribution < 1.29 is 23.5 Å². The van der Waals surface area contributed by atoms with Crippen molar-refractivity contribution in [3.63, 3.8) is 0 Å². The molecular weight excluding hydrogens is 608 g/mol. The van der Waals surface area contributed by atoms with E-state index in [1.165, 1.54) is 17.7 Å². The first-order valence-electron chi connectivity index (χ1n) is 16.8. The van der Waals surface area contributed by atoms with Crippen LogP contribution in [0.15, 0.2) is 97.1 Å². The molecule has 0 saturated carbocycles. The van der Waals surface area contributed by atoms with E-state index in [1.54, 1.807) is 23.1 Å². The molecule has 4 aromatic carbocycles. The van der Waals surface area contributed by atoms with Gasteiger partial charge >= 0.3 is 0 Å². The maximum atomic E-state index is 14.2. The summed E-state index contributed by atoms with van der Waals surface area (Å²) >= 11 is 0. The second-order valence-electron chi connectivity index (χ2n) is 12.4. The Labute approximate surface area is 283 Å². The molecule has 2 amide bonds.